The predicted molar refractivity (Wildman–Crippen MR) is 120 cm³/mol. The van der Waals surface area contributed by atoms with E-state index in [1.54, 1.807) is 12.4 Å². The molecule has 0 fully saturated rings. The van der Waals surface area contributed by atoms with E-state index in [0.717, 1.165) is 52.0 Å². The van der Waals surface area contributed by atoms with Gasteiger partial charge in [-0.1, -0.05) is 30.4 Å². The van der Waals surface area contributed by atoms with Gasteiger partial charge in [0, 0.05) is 17.8 Å². The van der Waals surface area contributed by atoms with Gasteiger partial charge in [-0.05, 0) is 41.2 Å². The van der Waals surface area contributed by atoms with Crippen LogP contribution in [0.5, 0.6) is 0 Å². The second-order valence-electron chi connectivity index (χ2n) is 7.98. The van der Waals surface area contributed by atoms with Gasteiger partial charge in [0.05, 0.1) is 29.9 Å². The van der Waals surface area contributed by atoms with Crippen molar-refractivity contribution in [2.45, 2.75) is 18.9 Å². The number of hydrogen-bond donors (Lipinski definition) is 4. The topological polar surface area (TPSA) is 112 Å². The Morgan fingerprint density at radius 3 is 3.00 bits per heavy atom. The lowest BCUT2D eigenvalue weighted by molar-refractivity contribution is -0.121. The fourth-order valence-corrected chi connectivity index (χ4v) is 4.69. The van der Waals surface area contributed by atoms with Crippen LogP contribution in [0.4, 0.5) is 0 Å². The number of carbonyl (C=O) groups excluding carboxylic acids is 2. The average Bonchev–Trinajstić information content (AvgIpc) is 3.39. The first-order valence-corrected chi connectivity index (χ1v) is 10.6. The van der Waals surface area contributed by atoms with Crippen molar-refractivity contribution in [3.05, 3.63) is 77.3 Å². The number of aromatic amines is 1. The van der Waals surface area contributed by atoms with E-state index in [1.165, 1.54) is 11.6 Å². The molecular formula is C24H20N6O2. The highest BCUT2D eigenvalue weighted by atomic mass is 16.2. The smallest absolute Gasteiger partial charge is 0.268 e. The Morgan fingerprint density at radius 2 is 2.12 bits per heavy atom. The van der Waals surface area contributed by atoms with Crippen molar-refractivity contribution in [1.82, 2.24) is 30.9 Å². The Balaban J connectivity index is 1.44. The molecule has 0 spiro atoms. The van der Waals surface area contributed by atoms with E-state index in [9.17, 15) is 9.59 Å². The molecule has 0 saturated heterocycles. The largest absolute Gasteiger partial charge is 0.363 e. The van der Waals surface area contributed by atoms with Crippen LogP contribution in [0.1, 0.15) is 30.0 Å². The van der Waals surface area contributed by atoms with E-state index in [2.05, 4.69) is 50.2 Å². The van der Waals surface area contributed by atoms with Gasteiger partial charge in [-0.2, -0.15) is 0 Å². The zero-order valence-electron chi connectivity index (χ0n) is 17.1. The standard InChI is InChI=1S/C24H20N6O2/c31-20-10-18(26-12-27-20)24(32)30-22-14-5-2-1-4-13(14)21-15(22)6-3-7-16(21)23-28-17-8-9-25-11-19(17)29-23/h2-3,5-11,22,26H,1,4,12H2,(H,27,31)(H,28,29)(H,30,32). The summed E-state index contributed by atoms with van der Waals surface area (Å²) in [5.41, 5.74) is 7.49. The zero-order chi connectivity index (χ0) is 21.7. The fraction of sp³-hybridized carbons (Fsp3) is 0.167. The van der Waals surface area contributed by atoms with Gasteiger partial charge in [0.1, 0.15) is 11.5 Å². The van der Waals surface area contributed by atoms with E-state index in [-0.39, 0.29) is 30.2 Å². The van der Waals surface area contributed by atoms with Crippen molar-refractivity contribution in [3.8, 4) is 11.4 Å². The number of rotatable bonds is 3. The minimum absolute atomic E-state index is 0.234. The molecule has 0 bridgehead atoms. The number of carbonyl (C=O) groups is 2. The number of fused-ring (bicyclic) bond motifs is 3. The van der Waals surface area contributed by atoms with Crippen molar-refractivity contribution in [2.24, 2.45) is 0 Å². The molecule has 2 amide bonds. The lowest BCUT2D eigenvalue weighted by Gasteiger charge is -2.21. The van der Waals surface area contributed by atoms with Crippen molar-refractivity contribution < 1.29 is 9.59 Å². The van der Waals surface area contributed by atoms with Gasteiger partial charge in [0.25, 0.3) is 5.91 Å². The summed E-state index contributed by atoms with van der Waals surface area (Å²) in [6, 6.07) is 7.70. The van der Waals surface area contributed by atoms with Gasteiger partial charge < -0.3 is 20.9 Å². The third kappa shape index (κ3) is 2.91. The van der Waals surface area contributed by atoms with Crippen molar-refractivity contribution in [2.75, 3.05) is 6.67 Å². The molecule has 0 radical (unpaired) electrons. The van der Waals surface area contributed by atoms with E-state index < -0.39 is 0 Å². The lowest BCUT2D eigenvalue weighted by Crippen LogP contribution is -2.43. The highest BCUT2D eigenvalue weighted by Gasteiger charge is 2.35. The fourth-order valence-electron chi connectivity index (χ4n) is 4.69. The molecule has 1 unspecified atom stereocenters. The van der Waals surface area contributed by atoms with Crippen LogP contribution in [0.2, 0.25) is 0 Å². The number of aromatic nitrogens is 3. The van der Waals surface area contributed by atoms with Crippen molar-refractivity contribution in [1.29, 1.82) is 0 Å². The van der Waals surface area contributed by atoms with Crippen LogP contribution in [0.3, 0.4) is 0 Å². The molecule has 3 aromatic rings. The number of pyridine rings is 1. The second kappa shape index (κ2) is 7.19. The molecule has 4 N–H and O–H groups in total. The van der Waals surface area contributed by atoms with Crippen molar-refractivity contribution in [3.63, 3.8) is 0 Å². The minimum Gasteiger partial charge on any atom is -0.363 e. The number of imidazole rings is 1. The monoisotopic (exact) mass is 424 g/mol. The van der Waals surface area contributed by atoms with Gasteiger partial charge in [-0.3, -0.25) is 14.6 Å². The van der Waals surface area contributed by atoms with E-state index in [0.29, 0.717) is 0 Å². The van der Waals surface area contributed by atoms with E-state index in [4.69, 9.17) is 4.98 Å². The third-order valence-electron chi connectivity index (χ3n) is 6.10. The maximum absolute atomic E-state index is 13.0. The van der Waals surface area contributed by atoms with Crippen LogP contribution < -0.4 is 16.0 Å². The molecule has 1 aromatic carbocycles. The van der Waals surface area contributed by atoms with Gasteiger partial charge in [-0.15, -0.1) is 0 Å². The van der Waals surface area contributed by atoms with Crippen LogP contribution in [0, 0.1) is 0 Å². The van der Waals surface area contributed by atoms with Gasteiger partial charge in [0.15, 0.2) is 0 Å². The first-order chi connectivity index (χ1) is 15.7. The third-order valence-corrected chi connectivity index (χ3v) is 6.10. The summed E-state index contributed by atoms with van der Waals surface area (Å²) in [6.45, 7) is 0.234. The van der Waals surface area contributed by atoms with Crippen LogP contribution >= 0.6 is 0 Å². The Bertz CT molecular complexity index is 1350. The SMILES string of the molecule is O=C1C=C(C(=O)NC2C3=C(CCC=C3)c3c(-c4nc5ccncc5[nH]4)cccc32)NCN1. The highest BCUT2D eigenvalue weighted by Crippen LogP contribution is 2.48. The quantitative estimate of drug-likeness (QED) is 0.516. The van der Waals surface area contributed by atoms with Crippen LogP contribution in [-0.2, 0) is 9.59 Å². The molecule has 1 atom stereocenters. The summed E-state index contributed by atoms with van der Waals surface area (Å²) < 4.78 is 0. The molecule has 2 aliphatic carbocycles. The molecule has 158 valence electrons. The molecule has 0 saturated carbocycles. The summed E-state index contributed by atoms with van der Waals surface area (Å²) in [5, 5.41) is 8.68. The number of H-pyrrole nitrogens is 1. The molecular weight excluding hydrogens is 404 g/mol. The van der Waals surface area contributed by atoms with Gasteiger partial charge in [-0.25, -0.2) is 4.98 Å². The number of amides is 2. The Hall–Kier alpha value is -4.20. The molecule has 3 heterocycles. The molecule has 32 heavy (non-hydrogen) atoms. The summed E-state index contributed by atoms with van der Waals surface area (Å²) in [7, 11) is 0. The van der Waals surface area contributed by atoms with E-state index >= 15 is 0 Å². The number of nitrogens with zero attached hydrogens (tertiary/aromatic N) is 2. The molecule has 1 aliphatic heterocycles. The number of allylic oxidation sites excluding steroid dienone is 2. The first-order valence-electron chi connectivity index (χ1n) is 10.6. The molecule has 8 heteroatoms. The van der Waals surface area contributed by atoms with Gasteiger partial charge >= 0.3 is 0 Å². The van der Waals surface area contributed by atoms with Crippen LogP contribution in [0.15, 0.2) is 66.2 Å². The van der Waals surface area contributed by atoms with Gasteiger partial charge in [0.2, 0.25) is 5.91 Å². The minimum atomic E-state index is -0.302. The number of hydrogen-bond acceptors (Lipinski definition) is 5. The molecule has 6 rings (SSSR count). The number of nitrogens with one attached hydrogen (secondary N) is 4. The Kier molecular flexibility index (Phi) is 4.17. The molecule has 2 aromatic heterocycles. The number of benzene rings is 1. The maximum Gasteiger partial charge on any atom is 0.268 e. The Labute approximate surface area is 183 Å². The van der Waals surface area contributed by atoms with E-state index in [1.807, 2.05) is 12.1 Å². The van der Waals surface area contributed by atoms with Crippen LogP contribution in [-0.4, -0.2) is 33.4 Å². The average molecular weight is 424 g/mol. The molecule has 8 nitrogen and oxygen atoms in total. The second-order valence-corrected chi connectivity index (χ2v) is 7.98. The molecule has 3 aliphatic rings. The van der Waals surface area contributed by atoms with Crippen LogP contribution in [0.25, 0.3) is 28.0 Å². The summed E-state index contributed by atoms with van der Waals surface area (Å²) in [6.07, 6.45) is 10.9. The summed E-state index contributed by atoms with van der Waals surface area (Å²) >= 11 is 0. The normalized spacial score (nSPS) is 19.2. The first kappa shape index (κ1) is 18.6. The summed E-state index contributed by atoms with van der Waals surface area (Å²) in [4.78, 5) is 37.0. The zero-order valence-corrected chi connectivity index (χ0v) is 17.1. The lowest BCUT2D eigenvalue weighted by atomic mass is 9.93. The Morgan fingerprint density at radius 1 is 1.19 bits per heavy atom. The maximum atomic E-state index is 13.0. The predicted octanol–water partition coefficient (Wildman–Crippen LogP) is 2.46. The summed E-state index contributed by atoms with van der Waals surface area (Å²) in [5.74, 6) is 0.204. The van der Waals surface area contributed by atoms with Crippen molar-refractivity contribution >= 4 is 28.4 Å². The highest BCUT2D eigenvalue weighted by molar-refractivity contribution is 6.02.